The van der Waals surface area contributed by atoms with Crippen molar-refractivity contribution in [3.8, 4) is 0 Å². The van der Waals surface area contributed by atoms with Gasteiger partial charge in [0.1, 0.15) is 4.90 Å². The number of ether oxygens (including phenoxy) is 1. The predicted molar refractivity (Wildman–Crippen MR) is 122 cm³/mol. The van der Waals surface area contributed by atoms with Crippen molar-refractivity contribution in [2.24, 2.45) is 0 Å². The molecule has 0 bridgehead atoms. The first kappa shape index (κ1) is 23.1. The standard InChI is InChI=1S/C22H20Cl2N2O4S/c1-30-14-20(15-5-3-2-4-6-15)25-22(27)16-7-10-18(11-8-16)26-31(28,29)21-13-17(23)9-12-19(21)24/h2-13,20,26H,14H2,1H3,(H,25,27)/t20-/m0/s1. The highest BCUT2D eigenvalue weighted by atomic mass is 35.5. The minimum atomic E-state index is -3.95. The van der Waals surface area contributed by atoms with E-state index in [1.807, 2.05) is 30.3 Å². The monoisotopic (exact) mass is 478 g/mol. The molecule has 6 nitrogen and oxygen atoms in total. The number of amides is 1. The van der Waals surface area contributed by atoms with Gasteiger partial charge < -0.3 is 10.1 Å². The Labute approximate surface area is 191 Å². The molecular weight excluding hydrogens is 459 g/mol. The lowest BCUT2D eigenvalue weighted by Crippen LogP contribution is -2.31. The number of benzene rings is 3. The van der Waals surface area contributed by atoms with Crippen molar-refractivity contribution in [1.82, 2.24) is 5.32 Å². The van der Waals surface area contributed by atoms with Crippen molar-refractivity contribution in [3.63, 3.8) is 0 Å². The van der Waals surface area contributed by atoms with Crippen molar-refractivity contribution in [2.75, 3.05) is 18.4 Å². The molecule has 0 unspecified atom stereocenters. The molecule has 0 heterocycles. The molecular formula is C22H20Cl2N2O4S. The van der Waals surface area contributed by atoms with Crippen molar-refractivity contribution < 1.29 is 17.9 Å². The predicted octanol–water partition coefficient (Wildman–Crippen LogP) is 4.91. The van der Waals surface area contributed by atoms with Gasteiger partial charge in [0.25, 0.3) is 15.9 Å². The molecule has 0 aliphatic heterocycles. The van der Waals surface area contributed by atoms with Crippen molar-refractivity contribution in [3.05, 3.63) is 94.0 Å². The molecule has 0 radical (unpaired) electrons. The van der Waals surface area contributed by atoms with Crippen molar-refractivity contribution in [2.45, 2.75) is 10.9 Å². The fraction of sp³-hybridized carbons (Fsp3) is 0.136. The summed E-state index contributed by atoms with van der Waals surface area (Å²) in [6, 6.07) is 19.4. The van der Waals surface area contributed by atoms with Crippen LogP contribution in [0.1, 0.15) is 22.0 Å². The summed E-state index contributed by atoms with van der Waals surface area (Å²) in [6.07, 6.45) is 0. The Morgan fingerprint density at radius 1 is 1.00 bits per heavy atom. The molecule has 0 saturated carbocycles. The van der Waals surface area contributed by atoms with E-state index in [0.717, 1.165) is 5.56 Å². The van der Waals surface area contributed by atoms with Gasteiger partial charge in [0.05, 0.1) is 17.7 Å². The zero-order valence-corrected chi connectivity index (χ0v) is 18.8. The lowest BCUT2D eigenvalue weighted by atomic mass is 10.1. The molecule has 1 amide bonds. The maximum atomic E-state index is 12.7. The number of carbonyl (C=O) groups excluding carboxylic acids is 1. The number of anilines is 1. The summed E-state index contributed by atoms with van der Waals surface area (Å²) in [5.74, 6) is -0.307. The first-order chi connectivity index (χ1) is 14.8. The van der Waals surface area contributed by atoms with Crippen LogP contribution in [0.3, 0.4) is 0 Å². The van der Waals surface area contributed by atoms with E-state index in [4.69, 9.17) is 27.9 Å². The highest BCUT2D eigenvalue weighted by Crippen LogP contribution is 2.27. The number of halogens is 2. The van der Waals surface area contributed by atoms with Crippen molar-refractivity contribution >= 4 is 44.8 Å². The van der Waals surface area contributed by atoms with Gasteiger partial charge >= 0.3 is 0 Å². The van der Waals surface area contributed by atoms with E-state index in [-0.39, 0.29) is 32.6 Å². The second-order valence-electron chi connectivity index (χ2n) is 6.65. The van der Waals surface area contributed by atoms with E-state index in [9.17, 15) is 13.2 Å². The molecule has 1 atom stereocenters. The van der Waals surface area contributed by atoms with E-state index in [1.165, 1.54) is 42.5 Å². The van der Waals surface area contributed by atoms with Crippen molar-refractivity contribution in [1.29, 1.82) is 0 Å². The summed E-state index contributed by atoms with van der Waals surface area (Å²) in [4.78, 5) is 12.5. The molecule has 0 aromatic heterocycles. The van der Waals surface area contributed by atoms with Gasteiger partial charge in [-0.15, -0.1) is 0 Å². The van der Waals surface area contributed by atoms with Crippen LogP contribution in [0.15, 0.2) is 77.7 Å². The van der Waals surface area contributed by atoms with Crippen LogP contribution in [0, 0.1) is 0 Å². The Morgan fingerprint density at radius 2 is 1.68 bits per heavy atom. The minimum absolute atomic E-state index is 0.0537. The Kier molecular flexibility index (Phi) is 7.56. The van der Waals surface area contributed by atoms with Crippen LogP contribution in [-0.2, 0) is 14.8 Å². The molecule has 3 aromatic carbocycles. The van der Waals surface area contributed by atoms with Gasteiger partial charge in [-0.3, -0.25) is 9.52 Å². The Morgan fingerprint density at radius 3 is 2.32 bits per heavy atom. The molecule has 3 rings (SSSR count). The van der Waals surface area contributed by atoms with Crippen LogP contribution in [0.5, 0.6) is 0 Å². The quantitative estimate of drug-likeness (QED) is 0.481. The van der Waals surface area contributed by atoms with E-state index < -0.39 is 10.0 Å². The average Bonchev–Trinajstić information content (AvgIpc) is 2.76. The Bertz CT molecular complexity index is 1150. The third-order valence-electron chi connectivity index (χ3n) is 4.42. The third-order valence-corrected chi connectivity index (χ3v) is 6.52. The summed E-state index contributed by atoms with van der Waals surface area (Å²) < 4.78 is 32.9. The van der Waals surface area contributed by atoms with Crippen LogP contribution in [0.2, 0.25) is 10.0 Å². The fourth-order valence-electron chi connectivity index (χ4n) is 2.90. The normalized spacial score (nSPS) is 12.2. The largest absolute Gasteiger partial charge is 0.382 e. The molecule has 2 N–H and O–H groups in total. The number of methoxy groups -OCH3 is 1. The summed E-state index contributed by atoms with van der Waals surface area (Å²) in [7, 11) is -2.38. The number of nitrogens with one attached hydrogen (secondary N) is 2. The second kappa shape index (κ2) is 10.2. The lowest BCUT2D eigenvalue weighted by molar-refractivity contribution is 0.0896. The molecule has 0 fully saturated rings. The van der Waals surface area contributed by atoms with E-state index in [1.54, 1.807) is 7.11 Å². The number of hydrogen-bond donors (Lipinski definition) is 2. The highest BCUT2D eigenvalue weighted by Gasteiger charge is 2.19. The highest BCUT2D eigenvalue weighted by molar-refractivity contribution is 7.92. The van der Waals surface area contributed by atoms with E-state index in [0.29, 0.717) is 12.2 Å². The van der Waals surface area contributed by atoms with Gasteiger partial charge in [-0.2, -0.15) is 0 Å². The van der Waals surface area contributed by atoms with Gasteiger partial charge in [-0.05, 0) is 48.0 Å². The molecule has 0 saturated heterocycles. The van der Waals surface area contributed by atoms with Gasteiger partial charge in [-0.25, -0.2) is 8.42 Å². The SMILES string of the molecule is COC[C@H](NC(=O)c1ccc(NS(=O)(=O)c2cc(Cl)ccc2Cl)cc1)c1ccccc1. The zero-order chi connectivity index (χ0) is 22.4. The number of rotatable bonds is 8. The Hall–Kier alpha value is -2.58. The third kappa shape index (κ3) is 5.98. The topological polar surface area (TPSA) is 84.5 Å². The summed E-state index contributed by atoms with van der Waals surface area (Å²) in [5.41, 5.74) is 1.57. The van der Waals surface area contributed by atoms with E-state index in [2.05, 4.69) is 10.0 Å². The number of hydrogen-bond acceptors (Lipinski definition) is 4. The smallest absolute Gasteiger partial charge is 0.263 e. The molecule has 162 valence electrons. The molecule has 3 aromatic rings. The van der Waals surface area contributed by atoms with E-state index >= 15 is 0 Å². The molecule has 0 aliphatic carbocycles. The number of sulfonamides is 1. The maximum Gasteiger partial charge on any atom is 0.263 e. The molecule has 0 spiro atoms. The second-order valence-corrected chi connectivity index (χ2v) is 9.14. The zero-order valence-electron chi connectivity index (χ0n) is 16.5. The molecule has 31 heavy (non-hydrogen) atoms. The van der Waals surface area contributed by atoms with Crippen LogP contribution in [0.4, 0.5) is 5.69 Å². The van der Waals surface area contributed by atoms with Gasteiger partial charge in [-0.1, -0.05) is 53.5 Å². The van der Waals surface area contributed by atoms with Gasteiger partial charge in [0.2, 0.25) is 0 Å². The maximum absolute atomic E-state index is 12.7. The van der Waals surface area contributed by atoms with Crippen LogP contribution >= 0.6 is 23.2 Å². The summed E-state index contributed by atoms with van der Waals surface area (Å²) in [6.45, 7) is 0.314. The molecule has 9 heteroatoms. The van der Waals surface area contributed by atoms with Crippen LogP contribution in [-0.4, -0.2) is 28.0 Å². The molecule has 0 aliphatic rings. The first-order valence-electron chi connectivity index (χ1n) is 9.23. The summed E-state index contributed by atoms with van der Waals surface area (Å²) >= 11 is 11.9. The Balaban J connectivity index is 1.73. The van der Waals surface area contributed by atoms with Gasteiger partial charge in [0, 0.05) is 23.4 Å². The van der Waals surface area contributed by atoms with Crippen LogP contribution < -0.4 is 10.0 Å². The van der Waals surface area contributed by atoms with Crippen LogP contribution in [0.25, 0.3) is 0 Å². The minimum Gasteiger partial charge on any atom is -0.382 e. The number of carbonyl (C=O) groups is 1. The average molecular weight is 479 g/mol. The lowest BCUT2D eigenvalue weighted by Gasteiger charge is -2.18. The fourth-order valence-corrected chi connectivity index (χ4v) is 4.72. The summed E-state index contributed by atoms with van der Waals surface area (Å²) in [5, 5.41) is 3.23. The van der Waals surface area contributed by atoms with Gasteiger partial charge in [0.15, 0.2) is 0 Å². The first-order valence-corrected chi connectivity index (χ1v) is 11.5.